The molecule has 2 aliphatic rings. The largest absolute Gasteiger partial charge is 0.384 e. The van der Waals surface area contributed by atoms with Crippen LogP contribution in [0.2, 0.25) is 0 Å². The van der Waals surface area contributed by atoms with Gasteiger partial charge in [0.2, 0.25) is 10.0 Å². The van der Waals surface area contributed by atoms with E-state index in [1.54, 1.807) is 7.11 Å². The summed E-state index contributed by atoms with van der Waals surface area (Å²) in [6, 6.07) is 0. The summed E-state index contributed by atoms with van der Waals surface area (Å²) in [6.45, 7) is 3.02. The third-order valence-corrected chi connectivity index (χ3v) is 5.62. The van der Waals surface area contributed by atoms with E-state index in [0.717, 1.165) is 38.8 Å². The second kappa shape index (κ2) is 5.22. The van der Waals surface area contributed by atoms with Crippen LogP contribution < -0.4 is 10.0 Å². The highest BCUT2D eigenvalue weighted by Gasteiger charge is 2.39. The zero-order valence-corrected chi connectivity index (χ0v) is 11.2. The maximum Gasteiger partial charge on any atom is 0.214 e. The molecular weight excluding hydrogens is 240 g/mol. The molecule has 1 saturated heterocycles. The van der Waals surface area contributed by atoms with Gasteiger partial charge in [-0.25, -0.2) is 13.1 Å². The van der Waals surface area contributed by atoms with Crippen LogP contribution in [0.3, 0.4) is 0 Å². The third kappa shape index (κ3) is 3.40. The summed E-state index contributed by atoms with van der Waals surface area (Å²) in [5.74, 6) is 0. The number of nitrogens with one attached hydrogen (secondary N) is 2. The Hall–Kier alpha value is -0.170. The fourth-order valence-corrected chi connectivity index (χ4v) is 3.89. The van der Waals surface area contributed by atoms with Crippen LogP contribution in [0.4, 0.5) is 0 Å². The van der Waals surface area contributed by atoms with Crippen LogP contribution in [-0.2, 0) is 14.8 Å². The lowest BCUT2D eigenvalue weighted by atomic mass is 9.80. The fourth-order valence-electron chi connectivity index (χ4n) is 2.39. The highest BCUT2D eigenvalue weighted by atomic mass is 32.2. The Morgan fingerprint density at radius 1 is 1.35 bits per heavy atom. The van der Waals surface area contributed by atoms with Gasteiger partial charge in [0.1, 0.15) is 0 Å². The fraction of sp³-hybridized carbons (Fsp3) is 1.00. The molecule has 1 heterocycles. The molecule has 0 radical (unpaired) electrons. The Labute approximate surface area is 103 Å². The molecule has 0 unspecified atom stereocenters. The molecule has 6 heteroatoms. The molecule has 1 saturated carbocycles. The summed E-state index contributed by atoms with van der Waals surface area (Å²) in [5, 5.41) is 3.16. The van der Waals surface area contributed by atoms with Gasteiger partial charge in [-0.15, -0.1) is 0 Å². The van der Waals surface area contributed by atoms with E-state index >= 15 is 0 Å². The molecule has 0 aromatic heterocycles. The summed E-state index contributed by atoms with van der Waals surface area (Å²) >= 11 is 0. The number of rotatable bonds is 6. The number of piperidine rings is 1. The van der Waals surface area contributed by atoms with E-state index < -0.39 is 10.0 Å². The van der Waals surface area contributed by atoms with Crippen LogP contribution in [0.1, 0.15) is 25.7 Å². The van der Waals surface area contributed by atoms with Crippen LogP contribution in [-0.4, -0.2) is 47.0 Å². The Balaban J connectivity index is 1.92. The number of ether oxygens (including phenoxy) is 1. The van der Waals surface area contributed by atoms with E-state index in [1.165, 1.54) is 0 Å². The van der Waals surface area contributed by atoms with Crippen LogP contribution in [0.5, 0.6) is 0 Å². The summed E-state index contributed by atoms with van der Waals surface area (Å²) in [5.41, 5.74) is -0.0258. The van der Waals surface area contributed by atoms with E-state index in [-0.39, 0.29) is 10.7 Å². The first kappa shape index (κ1) is 13.3. The third-order valence-electron chi connectivity index (χ3n) is 3.73. The minimum Gasteiger partial charge on any atom is -0.384 e. The Kier molecular flexibility index (Phi) is 4.07. The topological polar surface area (TPSA) is 67.4 Å². The van der Waals surface area contributed by atoms with Gasteiger partial charge < -0.3 is 10.1 Å². The molecule has 0 atom stereocenters. The van der Waals surface area contributed by atoms with Crippen molar-refractivity contribution in [3.05, 3.63) is 0 Å². The van der Waals surface area contributed by atoms with Crippen LogP contribution in [0.25, 0.3) is 0 Å². The van der Waals surface area contributed by atoms with Crippen molar-refractivity contribution >= 4 is 10.0 Å². The predicted octanol–water partition coefficient (Wildman–Crippen LogP) is 0.0844. The lowest BCUT2D eigenvalue weighted by Gasteiger charge is -2.37. The van der Waals surface area contributed by atoms with Gasteiger partial charge in [-0.1, -0.05) is 0 Å². The van der Waals surface area contributed by atoms with Crippen LogP contribution in [0.15, 0.2) is 0 Å². The molecule has 5 nitrogen and oxygen atoms in total. The molecule has 1 aliphatic heterocycles. The van der Waals surface area contributed by atoms with Gasteiger partial charge in [-0.2, -0.15) is 0 Å². The zero-order chi connectivity index (χ0) is 12.4. The lowest BCUT2D eigenvalue weighted by Crippen LogP contribution is -2.47. The molecule has 0 aromatic rings. The molecule has 17 heavy (non-hydrogen) atoms. The molecule has 0 bridgehead atoms. The average molecular weight is 262 g/mol. The van der Waals surface area contributed by atoms with Crippen molar-refractivity contribution in [2.75, 3.05) is 33.4 Å². The number of hydrogen-bond donors (Lipinski definition) is 2. The highest BCUT2D eigenvalue weighted by Crippen LogP contribution is 2.31. The molecule has 0 spiro atoms. The number of hydrogen-bond acceptors (Lipinski definition) is 4. The SMILES string of the molecule is COCC1(CNS(=O)(=O)C2CC2)CCNCC1. The molecule has 100 valence electrons. The molecule has 2 fully saturated rings. The summed E-state index contributed by atoms with van der Waals surface area (Å²) < 4.78 is 31.7. The quantitative estimate of drug-likeness (QED) is 0.711. The van der Waals surface area contributed by atoms with E-state index in [1.807, 2.05) is 0 Å². The van der Waals surface area contributed by atoms with Crippen molar-refractivity contribution in [3.8, 4) is 0 Å². The zero-order valence-electron chi connectivity index (χ0n) is 10.4. The van der Waals surface area contributed by atoms with E-state index in [2.05, 4.69) is 10.0 Å². The van der Waals surface area contributed by atoms with Crippen LogP contribution in [0, 0.1) is 5.41 Å². The smallest absolute Gasteiger partial charge is 0.214 e. The van der Waals surface area contributed by atoms with Crippen molar-refractivity contribution in [1.82, 2.24) is 10.0 Å². The standard InChI is InChI=1S/C11H22N2O3S/c1-16-9-11(4-6-12-7-5-11)8-13-17(14,15)10-2-3-10/h10,12-13H,2-9H2,1H3. The van der Waals surface area contributed by atoms with Crippen molar-refractivity contribution in [1.29, 1.82) is 0 Å². The van der Waals surface area contributed by atoms with Gasteiger partial charge in [0.25, 0.3) is 0 Å². The van der Waals surface area contributed by atoms with E-state index in [0.29, 0.717) is 13.2 Å². The maximum atomic E-state index is 11.8. The van der Waals surface area contributed by atoms with E-state index in [9.17, 15) is 8.42 Å². The first-order valence-corrected chi connectivity index (χ1v) is 7.81. The van der Waals surface area contributed by atoms with Gasteiger partial charge in [-0.3, -0.25) is 0 Å². The van der Waals surface area contributed by atoms with Crippen LogP contribution >= 0.6 is 0 Å². The van der Waals surface area contributed by atoms with Crippen molar-refractivity contribution < 1.29 is 13.2 Å². The van der Waals surface area contributed by atoms with E-state index in [4.69, 9.17) is 4.74 Å². The van der Waals surface area contributed by atoms with Gasteiger partial charge in [0, 0.05) is 19.1 Å². The summed E-state index contributed by atoms with van der Waals surface area (Å²) in [7, 11) is -1.39. The molecule has 2 rings (SSSR count). The van der Waals surface area contributed by atoms with Crippen molar-refractivity contribution in [2.45, 2.75) is 30.9 Å². The second-order valence-corrected chi connectivity index (χ2v) is 7.29. The molecule has 1 aliphatic carbocycles. The van der Waals surface area contributed by atoms with Gasteiger partial charge in [0.15, 0.2) is 0 Å². The highest BCUT2D eigenvalue weighted by molar-refractivity contribution is 7.90. The molecule has 2 N–H and O–H groups in total. The van der Waals surface area contributed by atoms with Crippen molar-refractivity contribution in [3.63, 3.8) is 0 Å². The minimum absolute atomic E-state index is 0.0258. The normalized spacial score (nSPS) is 24.8. The second-order valence-electron chi connectivity index (χ2n) is 5.25. The van der Waals surface area contributed by atoms with Crippen molar-refractivity contribution in [2.24, 2.45) is 5.41 Å². The molecule has 0 aromatic carbocycles. The maximum absolute atomic E-state index is 11.8. The molecule has 0 amide bonds. The number of sulfonamides is 1. The summed E-state index contributed by atoms with van der Waals surface area (Å²) in [6.07, 6.45) is 3.56. The Bertz CT molecular complexity index is 340. The number of methoxy groups -OCH3 is 1. The monoisotopic (exact) mass is 262 g/mol. The average Bonchev–Trinajstić information content (AvgIpc) is 3.13. The van der Waals surface area contributed by atoms with Gasteiger partial charge in [0.05, 0.1) is 11.9 Å². The molecular formula is C11H22N2O3S. The Morgan fingerprint density at radius 3 is 2.53 bits per heavy atom. The van der Waals surface area contributed by atoms with Gasteiger partial charge in [-0.05, 0) is 38.8 Å². The van der Waals surface area contributed by atoms with Gasteiger partial charge >= 0.3 is 0 Å². The summed E-state index contributed by atoms with van der Waals surface area (Å²) in [4.78, 5) is 0. The Morgan fingerprint density at radius 2 is 2.00 bits per heavy atom. The minimum atomic E-state index is -3.07. The lowest BCUT2D eigenvalue weighted by molar-refractivity contribution is 0.0577. The predicted molar refractivity (Wildman–Crippen MR) is 66.4 cm³/mol. The first-order valence-electron chi connectivity index (χ1n) is 6.26. The first-order chi connectivity index (χ1) is 8.08.